The van der Waals surface area contributed by atoms with E-state index < -0.39 is 5.82 Å². The Kier molecular flexibility index (Phi) is 5.04. The molecule has 28 heavy (non-hydrogen) atoms. The van der Waals surface area contributed by atoms with E-state index in [2.05, 4.69) is 4.98 Å². The lowest BCUT2D eigenvalue weighted by Gasteiger charge is -2.20. The van der Waals surface area contributed by atoms with Gasteiger partial charge >= 0.3 is 0 Å². The van der Waals surface area contributed by atoms with Crippen molar-refractivity contribution in [3.05, 3.63) is 84.2 Å². The summed E-state index contributed by atoms with van der Waals surface area (Å²) < 4.78 is 20.4. The molecule has 1 aromatic heterocycles. The first-order valence-corrected chi connectivity index (χ1v) is 9.53. The lowest BCUT2D eigenvalue weighted by Crippen LogP contribution is -2.27. The molecule has 6 heteroatoms. The number of fused-ring (bicyclic) bond motifs is 1. The first-order valence-electron chi connectivity index (χ1n) is 8.71. The van der Waals surface area contributed by atoms with Gasteiger partial charge in [0.05, 0.1) is 29.4 Å². The highest BCUT2D eigenvalue weighted by Gasteiger charge is 2.23. The van der Waals surface area contributed by atoms with E-state index in [9.17, 15) is 9.18 Å². The van der Waals surface area contributed by atoms with E-state index in [1.807, 2.05) is 36.4 Å². The average molecular weight is 392 g/mol. The zero-order valence-corrected chi connectivity index (χ0v) is 15.9. The summed E-state index contributed by atoms with van der Waals surface area (Å²) in [5.74, 6) is -0.0366. The van der Waals surface area contributed by atoms with Gasteiger partial charge in [-0.15, -0.1) is 0 Å². The maximum Gasteiger partial charge on any atom is 0.237 e. The summed E-state index contributed by atoms with van der Waals surface area (Å²) in [5, 5.41) is 0.538. The van der Waals surface area contributed by atoms with E-state index >= 15 is 0 Å². The zero-order chi connectivity index (χ0) is 19.5. The van der Waals surface area contributed by atoms with Crippen LogP contribution < -0.4 is 9.64 Å². The molecule has 0 bridgehead atoms. The van der Waals surface area contributed by atoms with E-state index in [4.69, 9.17) is 4.74 Å². The number of para-hydroxylation sites is 1. The molecule has 0 N–H and O–H groups in total. The molecule has 0 aliphatic carbocycles. The Morgan fingerprint density at radius 1 is 1.07 bits per heavy atom. The summed E-state index contributed by atoms with van der Waals surface area (Å²) in [6.07, 6.45) is -0.0696. The Labute approximate surface area is 165 Å². The van der Waals surface area contributed by atoms with Gasteiger partial charge < -0.3 is 4.74 Å². The molecule has 0 radical (unpaired) electrons. The van der Waals surface area contributed by atoms with Crippen LogP contribution >= 0.6 is 11.3 Å². The minimum Gasteiger partial charge on any atom is -0.497 e. The third-order valence-corrected chi connectivity index (χ3v) is 5.36. The molecule has 4 aromatic rings. The van der Waals surface area contributed by atoms with Crippen molar-refractivity contribution in [2.45, 2.75) is 6.42 Å². The van der Waals surface area contributed by atoms with Gasteiger partial charge in [-0.05, 0) is 35.9 Å². The molecule has 0 atom stereocenters. The minimum atomic E-state index is -0.397. The maximum atomic E-state index is 14.1. The molecule has 0 saturated heterocycles. The van der Waals surface area contributed by atoms with Crippen LogP contribution in [0.3, 0.4) is 0 Å². The molecular weight excluding hydrogens is 375 g/mol. The van der Waals surface area contributed by atoms with Crippen LogP contribution in [0.4, 0.5) is 15.2 Å². The Balaban J connectivity index is 1.78. The number of methoxy groups -OCH3 is 1. The lowest BCUT2D eigenvalue weighted by molar-refractivity contribution is -0.117. The molecule has 3 aromatic carbocycles. The van der Waals surface area contributed by atoms with E-state index in [0.717, 1.165) is 10.2 Å². The van der Waals surface area contributed by atoms with Gasteiger partial charge in [-0.2, -0.15) is 0 Å². The second-order valence-electron chi connectivity index (χ2n) is 6.16. The fraction of sp³-hybridized carbons (Fsp3) is 0.0909. The predicted octanol–water partition coefficient (Wildman–Crippen LogP) is 5.35. The number of benzene rings is 3. The summed E-state index contributed by atoms with van der Waals surface area (Å²) in [5.41, 5.74) is 1.79. The Morgan fingerprint density at radius 3 is 2.64 bits per heavy atom. The quantitative estimate of drug-likeness (QED) is 0.460. The van der Waals surface area contributed by atoms with Gasteiger partial charge in [-0.3, -0.25) is 9.69 Å². The van der Waals surface area contributed by atoms with Gasteiger partial charge in [-0.25, -0.2) is 9.37 Å². The van der Waals surface area contributed by atoms with Crippen molar-refractivity contribution in [2.24, 2.45) is 0 Å². The molecule has 0 unspecified atom stereocenters. The highest BCUT2D eigenvalue weighted by atomic mass is 32.1. The van der Waals surface area contributed by atoms with Crippen LogP contribution in [-0.4, -0.2) is 18.0 Å². The van der Waals surface area contributed by atoms with E-state index in [-0.39, 0.29) is 12.3 Å². The number of carbonyl (C=O) groups excluding carboxylic acids is 1. The second kappa shape index (κ2) is 7.78. The fourth-order valence-corrected chi connectivity index (χ4v) is 3.95. The summed E-state index contributed by atoms with van der Waals surface area (Å²) in [6.45, 7) is 0. The number of ether oxygens (including phenoxy) is 1. The molecule has 0 saturated carbocycles. The van der Waals surface area contributed by atoms with Crippen LogP contribution in [0.15, 0.2) is 72.8 Å². The third-order valence-electron chi connectivity index (χ3n) is 4.33. The van der Waals surface area contributed by atoms with Crippen LogP contribution in [0.2, 0.25) is 0 Å². The third kappa shape index (κ3) is 3.59. The number of halogens is 1. The molecular formula is C22H17FN2O2S. The molecule has 0 spiro atoms. The van der Waals surface area contributed by atoms with Crippen molar-refractivity contribution < 1.29 is 13.9 Å². The number of hydrogen-bond donors (Lipinski definition) is 0. The Morgan fingerprint density at radius 2 is 1.86 bits per heavy atom. The highest BCUT2D eigenvalue weighted by Crippen LogP contribution is 2.35. The number of aromatic nitrogens is 1. The molecule has 4 nitrogen and oxygen atoms in total. The van der Waals surface area contributed by atoms with Crippen LogP contribution in [0.25, 0.3) is 10.2 Å². The Bertz CT molecular complexity index is 1110. The van der Waals surface area contributed by atoms with Gasteiger partial charge in [0, 0.05) is 6.07 Å². The van der Waals surface area contributed by atoms with Crippen molar-refractivity contribution in [3.63, 3.8) is 0 Å². The van der Waals surface area contributed by atoms with E-state index in [1.54, 1.807) is 37.4 Å². The van der Waals surface area contributed by atoms with Crippen molar-refractivity contribution >= 4 is 38.3 Å². The fourth-order valence-electron chi connectivity index (χ4n) is 2.95. The number of carbonyl (C=O) groups is 1. The molecule has 140 valence electrons. The van der Waals surface area contributed by atoms with Crippen molar-refractivity contribution in [2.75, 3.05) is 12.0 Å². The molecule has 1 heterocycles. The normalized spacial score (nSPS) is 10.8. The SMILES string of the molecule is COc1cccc(N(C(=O)Cc2ccccc2F)c2nc3ccccc3s2)c1. The number of anilines is 2. The first-order chi connectivity index (χ1) is 13.7. The average Bonchev–Trinajstić information content (AvgIpc) is 3.13. The molecule has 1 amide bonds. The summed E-state index contributed by atoms with van der Waals surface area (Å²) in [7, 11) is 1.57. The van der Waals surface area contributed by atoms with Gasteiger partial charge in [-0.1, -0.05) is 47.7 Å². The number of thiazole rings is 1. The van der Waals surface area contributed by atoms with Crippen LogP contribution in [0.1, 0.15) is 5.56 Å². The van der Waals surface area contributed by atoms with Crippen LogP contribution in [0.5, 0.6) is 5.75 Å². The van der Waals surface area contributed by atoms with Gasteiger partial charge in [0.1, 0.15) is 11.6 Å². The summed E-state index contributed by atoms with van der Waals surface area (Å²) >= 11 is 1.42. The maximum absolute atomic E-state index is 14.1. The number of amides is 1. The standard InChI is InChI=1S/C22H17FN2O2S/c1-27-17-9-6-8-16(14-17)25(21(26)13-15-7-2-3-10-18(15)23)22-24-19-11-4-5-12-20(19)28-22/h2-12,14H,13H2,1H3. The van der Waals surface area contributed by atoms with Crippen LogP contribution in [-0.2, 0) is 11.2 Å². The Hall–Kier alpha value is -3.25. The topological polar surface area (TPSA) is 42.4 Å². The van der Waals surface area contributed by atoms with Crippen molar-refractivity contribution in [3.8, 4) is 5.75 Å². The largest absolute Gasteiger partial charge is 0.497 e. The number of rotatable bonds is 5. The monoisotopic (exact) mass is 392 g/mol. The van der Waals surface area contributed by atoms with Gasteiger partial charge in [0.15, 0.2) is 5.13 Å². The smallest absolute Gasteiger partial charge is 0.237 e. The summed E-state index contributed by atoms with van der Waals surface area (Å²) in [6, 6.07) is 21.2. The first kappa shape index (κ1) is 18.1. The van der Waals surface area contributed by atoms with E-state index in [0.29, 0.717) is 22.1 Å². The van der Waals surface area contributed by atoms with E-state index in [1.165, 1.54) is 22.3 Å². The highest BCUT2D eigenvalue weighted by molar-refractivity contribution is 7.22. The summed E-state index contributed by atoms with van der Waals surface area (Å²) in [4.78, 5) is 19.4. The molecule has 0 aliphatic heterocycles. The van der Waals surface area contributed by atoms with Crippen molar-refractivity contribution in [1.29, 1.82) is 0 Å². The molecule has 0 aliphatic rings. The zero-order valence-electron chi connectivity index (χ0n) is 15.1. The van der Waals surface area contributed by atoms with Gasteiger partial charge in [0.25, 0.3) is 0 Å². The van der Waals surface area contributed by atoms with Crippen LogP contribution in [0, 0.1) is 5.82 Å². The second-order valence-corrected chi connectivity index (χ2v) is 7.17. The number of nitrogens with zero attached hydrogens (tertiary/aromatic N) is 2. The van der Waals surface area contributed by atoms with Gasteiger partial charge in [0.2, 0.25) is 5.91 Å². The molecule has 0 fully saturated rings. The predicted molar refractivity (Wildman–Crippen MR) is 110 cm³/mol. The number of hydrogen-bond acceptors (Lipinski definition) is 4. The lowest BCUT2D eigenvalue weighted by atomic mass is 10.1. The van der Waals surface area contributed by atoms with Crippen molar-refractivity contribution in [1.82, 2.24) is 4.98 Å². The molecule has 4 rings (SSSR count). The minimum absolute atomic E-state index is 0.0696.